The van der Waals surface area contributed by atoms with E-state index in [1.54, 1.807) is 7.11 Å². The summed E-state index contributed by atoms with van der Waals surface area (Å²) in [6.45, 7) is 6.57. The molecule has 1 aliphatic carbocycles. The standard InChI is InChI=1S/C13H24O2/c1-5-12(15-4)13(14)11-7-6-9(2)10(3)8-11/h9-12H,5-8H2,1-4H3. The van der Waals surface area contributed by atoms with Gasteiger partial charge in [0, 0.05) is 13.0 Å². The third-order valence-corrected chi connectivity index (χ3v) is 3.97. The minimum atomic E-state index is -0.171. The third kappa shape index (κ3) is 3.04. The highest BCUT2D eigenvalue weighted by Gasteiger charge is 2.32. The summed E-state index contributed by atoms with van der Waals surface area (Å²) >= 11 is 0. The summed E-state index contributed by atoms with van der Waals surface area (Å²) in [5, 5.41) is 0. The van der Waals surface area contributed by atoms with Crippen LogP contribution in [0.2, 0.25) is 0 Å². The predicted molar refractivity (Wildman–Crippen MR) is 61.8 cm³/mol. The number of carbonyl (C=O) groups is 1. The zero-order valence-corrected chi connectivity index (χ0v) is 10.5. The average Bonchev–Trinajstić information content (AvgIpc) is 2.23. The maximum Gasteiger partial charge on any atom is 0.164 e. The molecular weight excluding hydrogens is 188 g/mol. The molecule has 1 aliphatic rings. The molecule has 1 saturated carbocycles. The second kappa shape index (κ2) is 5.64. The van der Waals surface area contributed by atoms with Crippen LogP contribution in [0.5, 0.6) is 0 Å². The van der Waals surface area contributed by atoms with Gasteiger partial charge in [-0.3, -0.25) is 4.79 Å². The van der Waals surface area contributed by atoms with Gasteiger partial charge in [0.05, 0.1) is 0 Å². The van der Waals surface area contributed by atoms with Crippen LogP contribution in [0.1, 0.15) is 46.5 Å². The minimum Gasteiger partial charge on any atom is -0.374 e. The van der Waals surface area contributed by atoms with E-state index in [0.29, 0.717) is 11.7 Å². The van der Waals surface area contributed by atoms with Gasteiger partial charge in [0.15, 0.2) is 5.78 Å². The highest BCUT2D eigenvalue weighted by molar-refractivity contribution is 5.85. The van der Waals surface area contributed by atoms with Crippen molar-refractivity contribution in [2.24, 2.45) is 17.8 Å². The van der Waals surface area contributed by atoms with E-state index in [4.69, 9.17) is 4.74 Å². The number of rotatable bonds is 4. The van der Waals surface area contributed by atoms with Crippen molar-refractivity contribution in [1.82, 2.24) is 0 Å². The summed E-state index contributed by atoms with van der Waals surface area (Å²) in [5.41, 5.74) is 0. The summed E-state index contributed by atoms with van der Waals surface area (Å²) in [6.07, 6.45) is 3.94. The van der Waals surface area contributed by atoms with Crippen LogP contribution >= 0.6 is 0 Å². The van der Waals surface area contributed by atoms with Gasteiger partial charge in [-0.15, -0.1) is 0 Å². The molecule has 0 spiro atoms. The Kier molecular flexibility index (Phi) is 4.78. The van der Waals surface area contributed by atoms with Crippen LogP contribution in [0, 0.1) is 17.8 Å². The molecule has 0 N–H and O–H groups in total. The van der Waals surface area contributed by atoms with Crippen LogP contribution in [0.25, 0.3) is 0 Å². The van der Waals surface area contributed by atoms with E-state index in [9.17, 15) is 4.79 Å². The first-order chi connectivity index (χ1) is 7.10. The molecule has 88 valence electrons. The Hall–Kier alpha value is -0.370. The van der Waals surface area contributed by atoms with Gasteiger partial charge in [0.25, 0.3) is 0 Å². The lowest BCUT2D eigenvalue weighted by Gasteiger charge is -2.32. The van der Waals surface area contributed by atoms with Crippen molar-refractivity contribution in [2.75, 3.05) is 7.11 Å². The molecule has 2 heteroatoms. The Morgan fingerprint density at radius 1 is 1.33 bits per heavy atom. The first kappa shape index (κ1) is 12.7. The van der Waals surface area contributed by atoms with Gasteiger partial charge in [0.1, 0.15) is 6.10 Å². The normalized spacial score (nSPS) is 33.7. The summed E-state index contributed by atoms with van der Waals surface area (Å²) < 4.78 is 5.23. The van der Waals surface area contributed by atoms with Crippen LogP contribution in [-0.4, -0.2) is 19.0 Å². The fourth-order valence-electron chi connectivity index (χ4n) is 2.55. The minimum absolute atomic E-state index is 0.171. The SMILES string of the molecule is CCC(OC)C(=O)C1CCC(C)C(C)C1. The molecule has 0 saturated heterocycles. The Morgan fingerprint density at radius 3 is 2.47 bits per heavy atom. The number of Topliss-reactive ketones (excluding diaryl/α,β-unsaturated/α-hetero) is 1. The number of carbonyl (C=O) groups excluding carboxylic acids is 1. The van der Waals surface area contributed by atoms with E-state index in [-0.39, 0.29) is 12.0 Å². The molecule has 1 fully saturated rings. The number of hydrogen-bond donors (Lipinski definition) is 0. The van der Waals surface area contributed by atoms with E-state index in [1.807, 2.05) is 6.92 Å². The predicted octanol–water partition coefficient (Wildman–Crippen LogP) is 3.05. The van der Waals surface area contributed by atoms with Gasteiger partial charge >= 0.3 is 0 Å². The van der Waals surface area contributed by atoms with Crippen molar-refractivity contribution in [3.63, 3.8) is 0 Å². The highest BCUT2D eigenvalue weighted by atomic mass is 16.5. The lowest BCUT2D eigenvalue weighted by atomic mass is 9.73. The average molecular weight is 212 g/mol. The first-order valence-electron chi connectivity index (χ1n) is 6.16. The van der Waals surface area contributed by atoms with Crippen LogP contribution in [-0.2, 0) is 9.53 Å². The molecule has 0 aromatic carbocycles. The van der Waals surface area contributed by atoms with Gasteiger partial charge in [-0.05, 0) is 37.5 Å². The van der Waals surface area contributed by atoms with E-state index in [1.165, 1.54) is 6.42 Å². The van der Waals surface area contributed by atoms with Crippen LogP contribution in [0.3, 0.4) is 0 Å². The van der Waals surface area contributed by atoms with Gasteiger partial charge in [-0.2, -0.15) is 0 Å². The van der Waals surface area contributed by atoms with E-state index in [2.05, 4.69) is 13.8 Å². The van der Waals surface area contributed by atoms with Gasteiger partial charge in [0.2, 0.25) is 0 Å². The smallest absolute Gasteiger partial charge is 0.164 e. The molecule has 0 heterocycles. The zero-order valence-electron chi connectivity index (χ0n) is 10.5. The maximum atomic E-state index is 12.1. The molecule has 4 atom stereocenters. The van der Waals surface area contributed by atoms with Crippen LogP contribution in [0.4, 0.5) is 0 Å². The fraction of sp³-hybridized carbons (Fsp3) is 0.923. The number of methoxy groups -OCH3 is 1. The Labute approximate surface area is 93.4 Å². The van der Waals surface area contributed by atoms with Crippen molar-refractivity contribution in [1.29, 1.82) is 0 Å². The monoisotopic (exact) mass is 212 g/mol. The largest absolute Gasteiger partial charge is 0.374 e. The topological polar surface area (TPSA) is 26.3 Å². The quantitative estimate of drug-likeness (QED) is 0.716. The van der Waals surface area contributed by atoms with Crippen molar-refractivity contribution >= 4 is 5.78 Å². The third-order valence-electron chi connectivity index (χ3n) is 3.97. The van der Waals surface area contributed by atoms with Crippen molar-refractivity contribution in [3.8, 4) is 0 Å². The van der Waals surface area contributed by atoms with Gasteiger partial charge < -0.3 is 4.74 Å². The van der Waals surface area contributed by atoms with E-state index < -0.39 is 0 Å². The summed E-state index contributed by atoms with van der Waals surface area (Å²) in [7, 11) is 1.64. The molecule has 0 amide bonds. The van der Waals surface area contributed by atoms with Crippen molar-refractivity contribution in [3.05, 3.63) is 0 Å². The zero-order chi connectivity index (χ0) is 11.4. The first-order valence-corrected chi connectivity index (χ1v) is 6.16. The molecule has 0 aromatic heterocycles. The lowest BCUT2D eigenvalue weighted by Crippen LogP contribution is -2.34. The van der Waals surface area contributed by atoms with Crippen LogP contribution < -0.4 is 0 Å². The Morgan fingerprint density at radius 2 is 2.00 bits per heavy atom. The molecule has 0 radical (unpaired) electrons. The second-order valence-corrected chi connectivity index (χ2v) is 5.00. The number of hydrogen-bond acceptors (Lipinski definition) is 2. The maximum absolute atomic E-state index is 12.1. The summed E-state index contributed by atoms with van der Waals surface area (Å²) in [5.74, 6) is 2.04. The van der Waals surface area contributed by atoms with E-state index in [0.717, 1.165) is 25.2 Å². The molecule has 15 heavy (non-hydrogen) atoms. The van der Waals surface area contributed by atoms with Gasteiger partial charge in [-0.1, -0.05) is 20.8 Å². The van der Waals surface area contributed by atoms with E-state index >= 15 is 0 Å². The van der Waals surface area contributed by atoms with Crippen molar-refractivity contribution in [2.45, 2.75) is 52.6 Å². The Balaban J connectivity index is 2.53. The second-order valence-electron chi connectivity index (χ2n) is 5.00. The highest BCUT2D eigenvalue weighted by Crippen LogP contribution is 2.34. The van der Waals surface area contributed by atoms with Crippen LogP contribution in [0.15, 0.2) is 0 Å². The molecule has 0 aliphatic heterocycles. The molecule has 4 unspecified atom stereocenters. The molecule has 1 rings (SSSR count). The molecule has 2 nitrogen and oxygen atoms in total. The van der Waals surface area contributed by atoms with Gasteiger partial charge in [-0.25, -0.2) is 0 Å². The summed E-state index contributed by atoms with van der Waals surface area (Å²) in [4.78, 5) is 12.1. The molecular formula is C13H24O2. The number of ether oxygens (including phenoxy) is 1. The lowest BCUT2D eigenvalue weighted by molar-refractivity contribution is -0.134. The summed E-state index contributed by atoms with van der Waals surface area (Å²) in [6, 6.07) is 0. The van der Waals surface area contributed by atoms with Crippen molar-refractivity contribution < 1.29 is 9.53 Å². The number of ketones is 1. The molecule has 0 bridgehead atoms. The fourth-order valence-corrected chi connectivity index (χ4v) is 2.55. The molecule has 0 aromatic rings. The Bertz CT molecular complexity index is 209.